The predicted molar refractivity (Wildman–Crippen MR) is 71.0 cm³/mol. The maximum absolute atomic E-state index is 9.19. The average Bonchev–Trinajstić information content (AvgIpc) is 2.80. The van der Waals surface area contributed by atoms with Crippen LogP contribution in [0.4, 0.5) is 11.4 Å². The fourth-order valence-electron chi connectivity index (χ4n) is 2.52. The molecule has 1 heterocycles. The molecule has 0 radical (unpaired) electrons. The van der Waals surface area contributed by atoms with Crippen molar-refractivity contribution in [3.8, 4) is 0 Å². The van der Waals surface area contributed by atoms with Gasteiger partial charge >= 0.3 is 0 Å². The Morgan fingerprint density at radius 1 is 1.53 bits per heavy atom. The zero-order valence-corrected chi connectivity index (χ0v) is 10.3. The molecule has 4 heteroatoms. The molecule has 0 bridgehead atoms. The van der Waals surface area contributed by atoms with E-state index in [0.717, 1.165) is 36.3 Å². The van der Waals surface area contributed by atoms with Crippen molar-refractivity contribution in [2.45, 2.75) is 31.8 Å². The third kappa shape index (κ3) is 2.37. The van der Waals surface area contributed by atoms with Crippen LogP contribution in [-0.4, -0.2) is 30.3 Å². The van der Waals surface area contributed by atoms with Crippen LogP contribution >= 0.6 is 0 Å². The lowest BCUT2D eigenvalue weighted by Gasteiger charge is -2.30. The van der Waals surface area contributed by atoms with Gasteiger partial charge in [-0.3, -0.25) is 0 Å². The molecule has 17 heavy (non-hydrogen) atoms. The molecular weight excluding hydrogens is 214 g/mol. The zero-order valence-electron chi connectivity index (χ0n) is 10.3. The van der Waals surface area contributed by atoms with Gasteiger partial charge in [0, 0.05) is 30.0 Å². The summed E-state index contributed by atoms with van der Waals surface area (Å²) < 4.78 is 0. The number of aliphatic hydroxyl groups is 1. The second kappa shape index (κ2) is 4.94. The lowest BCUT2D eigenvalue weighted by Crippen LogP contribution is -2.46. The van der Waals surface area contributed by atoms with Gasteiger partial charge in [-0.2, -0.15) is 0 Å². The van der Waals surface area contributed by atoms with Crippen molar-refractivity contribution >= 4 is 11.4 Å². The van der Waals surface area contributed by atoms with Gasteiger partial charge in [-0.05, 0) is 43.5 Å². The molecule has 94 valence electrons. The molecule has 1 aromatic rings. The first-order valence-electron chi connectivity index (χ1n) is 6.12. The maximum Gasteiger partial charge on any atom is 0.0602 e. The van der Waals surface area contributed by atoms with E-state index in [1.54, 1.807) is 0 Å². The van der Waals surface area contributed by atoms with Crippen LogP contribution in [0.3, 0.4) is 0 Å². The number of aryl methyl sites for hydroxylation is 1. The quantitative estimate of drug-likeness (QED) is 0.679. The van der Waals surface area contributed by atoms with Crippen LogP contribution in [-0.2, 0) is 0 Å². The Kier molecular flexibility index (Phi) is 3.54. The minimum atomic E-state index is -0.171. The van der Waals surface area contributed by atoms with Gasteiger partial charge < -0.3 is 21.5 Å². The lowest BCUT2D eigenvalue weighted by atomic mass is 10.1. The van der Waals surface area contributed by atoms with Gasteiger partial charge in [0.05, 0.1) is 6.61 Å². The molecule has 1 aliphatic rings. The molecule has 0 spiro atoms. The molecule has 2 rings (SSSR count). The molecule has 5 N–H and O–H groups in total. The number of anilines is 2. The van der Waals surface area contributed by atoms with Gasteiger partial charge in [-0.1, -0.05) is 0 Å². The first-order chi connectivity index (χ1) is 8.13. The van der Waals surface area contributed by atoms with Gasteiger partial charge in [-0.15, -0.1) is 0 Å². The van der Waals surface area contributed by atoms with Gasteiger partial charge in [0.15, 0.2) is 0 Å². The van der Waals surface area contributed by atoms with E-state index in [-0.39, 0.29) is 18.7 Å². The molecule has 1 aliphatic heterocycles. The summed E-state index contributed by atoms with van der Waals surface area (Å²) >= 11 is 0. The minimum Gasteiger partial charge on any atom is -0.399 e. The second-order valence-corrected chi connectivity index (χ2v) is 4.79. The zero-order chi connectivity index (χ0) is 12.4. The molecule has 0 aromatic heterocycles. The number of benzene rings is 1. The summed E-state index contributed by atoms with van der Waals surface area (Å²) in [6.07, 6.45) is 2.17. The highest BCUT2D eigenvalue weighted by Crippen LogP contribution is 2.29. The summed E-state index contributed by atoms with van der Waals surface area (Å²) in [6, 6.07) is 6.13. The Morgan fingerprint density at radius 3 is 2.94 bits per heavy atom. The number of hydrogen-bond donors (Lipinski definition) is 3. The highest BCUT2D eigenvalue weighted by Gasteiger charge is 2.29. The van der Waals surface area contributed by atoms with Crippen molar-refractivity contribution in [2.75, 3.05) is 23.8 Å². The normalized spacial score (nSPS) is 21.8. The van der Waals surface area contributed by atoms with Crippen molar-refractivity contribution in [3.63, 3.8) is 0 Å². The van der Waals surface area contributed by atoms with E-state index in [1.165, 1.54) is 0 Å². The molecule has 0 saturated carbocycles. The Hall–Kier alpha value is -1.26. The summed E-state index contributed by atoms with van der Waals surface area (Å²) in [5.74, 6) is 0. The molecule has 1 aromatic carbocycles. The molecule has 1 saturated heterocycles. The molecule has 2 atom stereocenters. The fraction of sp³-hybridized carbons (Fsp3) is 0.538. The summed E-state index contributed by atoms with van der Waals surface area (Å²) in [5, 5.41) is 9.19. The van der Waals surface area contributed by atoms with Crippen molar-refractivity contribution in [1.29, 1.82) is 0 Å². The monoisotopic (exact) mass is 235 g/mol. The number of hydrogen-bond acceptors (Lipinski definition) is 4. The third-order valence-electron chi connectivity index (χ3n) is 3.59. The predicted octanol–water partition coefficient (Wildman–Crippen LogP) is 0.866. The highest BCUT2D eigenvalue weighted by molar-refractivity contribution is 5.59. The van der Waals surface area contributed by atoms with Gasteiger partial charge in [0.1, 0.15) is 0 Å². The van der Waals surface area contributed by atoms with Crippen LogP contribution in [0.15, 0.2) is 18.2 Å². The lowest BCUT2D eigenvalue weighted by molar-refractivity contribution is 0.249. The van der Waals surface area contributed by atoms with Crippen molar-refractivity contribution in [3.05, 3.63) is 23.8 Å². The van der Waals surface area contributed by atoms with E-state index in [0.29, 0.717) is 0 Å². The standard InChI is InChI=1S/C13H21N3O/c1-9-7-10(4-5-11(9)14)16-6-2-3-13(16)12(15)8-17/h4-5,7,12-13,17H,2-3,6,8,14-15H2,1H3. The van der Waals surface area contributed by atoms with E-state index in [1.807, 2.05) is 19.1 Å². The number of aliphatic hydroxyl groups excluding tert-OH is 1. The topological polar surface area (TPSA) is 75.5 Å². The van der Waals surface area contributed by atoms with Crippen LogP contribution in [0, 0.1) is 6.92 Å². The first-order valence-corrected chi connectivity index (χ1v) is 6.12. The molecule has 1 fully saturated rings. The van der Waals surface area contributed by atoms with Crippen LogP contribution < -0.4 is 16.4 Å². The fourth-order valence-corrected chi connectivity index (χ4v) is 2.52. The average molecular weight is 235 g/mol. The first kappa shape index (κ1) is 12.2. The minimum absolute atomic E-state index is 0.0368. The Morgan fingerprint density at radius 2 is 2.29 bits per heavy atom. The summed E-state index contributed by atoms with van der Waals surface area (Å²) in [6.45, 7) is 3.05. The Balaban J connectivity index is 2.23. The molecule has 0 amide bonds. The van der Waals surface area contributed by atoms with Crippen molar-refractivity contribution in [2.24, 2.45) is 5.73 Å². The second-order valence-electron chi connectivity index (χ2n) is 4.79. The van der Waals surface area contributed by atoms with Crippen LogP contribution in [0.5, 0.6) is 0 Å². The van der Waals surface area contributed by atoms with Crippen molar-refractivity contribution in [1.82, 2.24) is 0 Å². The van der Waals surface area contributed by atoms with Crippen LogP contribution in [0.25, 0.3) is 0 Å². The molecule has 2 unspecified atom stereocenters. The number of nitrogens with two attached hydrogens (primary N) is 2. The van der Waals surface area contributed by atoms with E-state index in [9.17, 15) is 5.11 Å². The third-order valence-corrected chi connectivity index (χ3v) is 3.59. The SMILES string of the molecule is Cc1cc(N2CCCC2C(N)CO)ccc1N. The van der Waals surface area contributed by atoms with Crippen molar-refractivity contribution < 1.29 is 5.11 Å². The highest BCUT2D eigenvalue weighted by atomic mass is 16.3. The number of nitrogens with zero attached hydrogens (tertiary/aromatic N) is 1. The van der Waals surface area contributed by atoms with Crippen LogP contribution in [0.1, 0.15) is 18.4 Å². The summed E-state index contributed by atoms with van der Waals surface area (Å²) in [7, 11) is 0. The van der Waals surface area contributed by atoms with Gasteiger partial charge in [0.2, 0.25) is 0 Å². The Bertz CT molecular complexity index is 394. The summed E-state index contributed by atoms with van der Waals surface area (Å²) in [5.41, 5.74) is 14.8. The van der Waals surface area contributed by atoms with E-state index in [4.69, 9.17) is 11.5 Å². The molecule has 0 aliphatic carbocycles. The smallest absolute Gasteiger partial charge is 0.0602 e. The Labute approximate surface area is 102 Å². The largest absolute Gasteiger partial charge is 0.399 e. The molecule has 4 nitrogen and oxygen atoms in total. The van der Waals surface area contributed by atoms with E-state index < -0.39 is 0 Å². The molecular formula is C13H21N3O. The van der Waals surface area contributed by atoms with E-state index >= 15 is 0 Å². The summed E-state index contributed by atoms with van der Waals surface area (Å²) in [4.78, 5) is 2.29. The number of rotatable bonds is 3. The van der Waals surface area contributed by atoms with Gasteiger partial charge in [-0.25, -0.2) is 0 Å². The van der Waals surface area contributed by atoms with E-state index in [2.05, 4.69) is 11.0 Å². The van der Waals surface area contributed by atoms with Gasteiger partial charge in [0.25, 0.3) is 0 Å². The maximum atomic E-state index is 9.19. The van der Waals surface area contributed by atoms with Crippen LogP contribution in [0.2, 0.25) is 0 Å². The number of nitrogen functional groups attached to an aromatic ring is 1.